The van der Waals surface area contributed by atoms with Crippen LogP contribution in [-0.2, 0) is 39.1 Å². The van der Waals surface area contributed by atoms with Crippen LogP contribution in [0.15, 0.2) is 49.2 Å². The summed E-state index contributed by atoms with van der Waals surface area (Å²) in [5, 5.41) is 0.650. The number of pyridine rings is 1. The van der Waals surface area contributed by atoms with Crippen LogP contribution in [0.5, 0.6) is 0 Å². The second-order valence-electron chi connectivity index (χ2n) is 14.2. The van der Waals surface area contributed by atoms with Gasteiger partial charge in [0.05, 0.1) is 52.8 Å². The van der Waals surface area contributed by atoms with Crippen molar-refractivity contribution in [2.45, 2.75) is 121 Å². The molecule has 1 aromatic heterocycles. The standard InChI is InChI=1S/C34H51BrFN3O6S2Si/c1-11-48(12-2,13-3)26-21-28(35)38-31(30(26)36)34(10)23-46(41,33(8,9)27(39-34)22-29(40)45-32(5,6)7)37-19-14-20-44-47(42,43)25-17-15-24(4)16-18-25/h15-18,21H,11-14,19-20,22-23H2,1-10H3/t34-,46+/m0/s1. The first-order valence-electron chi connectivity index (χ1n) is 16.4. The zero-order chi connectivity index (χ0) is 36.3. The number of aliphatic imine (C=N–C) groups is 1. The van der Waals surface area contributed by atoms with E-state index in [9.17, 15) is 13.2 Å². The van der Waals surface area contributed by atoms with E-state index in [0.29, 0.717) is 9.79 Å². The van der Waals surface area contributed by atoms with Gasteiger partial charge in [0.1, 0.15) is 27.3 Å². The Morgan fingerprint density at radius 2 is 1.69 bits per heavy atom. The molecule has 2 aromatic rings. The van der Waals surface area contributed by atoms with Crippen LogP contribution in [0.1, 0.15) is 86.4 Å². The number of halogens is 2. The maximum absolute atomic E-state index is 16.8. The second-order valence-corrected chi connectivity index (χ2v) is 24.7. The van der Waals surface area contributed by atoms with E-state index in [4.69, 9.17) is 13.9 Å². The topological polar surface area (TPSA) is 124 Å². The molecule has 1 aliphatic heterocycles. The molecule has 0 unspecified atom stereocenters. The minimum atomic E-state index is -3.98. The van der Waals surface area contributed by atoms with E-state index in [1.165, 1.54) is 12.1 Å². The Kier molecular flexibility index (Phi) is 12.7. The highest BCUT2D eigenvalue weighted by atomic mass is 79.9. The molecular formula is C34H51BrFN3O6S2Si. The van der Waals surface area contributed by atoms with Gasteiger partial charge in [-0.05, 0) is 94.2 Å². The normalized spacial score (nSPS) is 21.5. The summed E-state index contributed by atoms with van der Waals surface area (Å²) in [6.45, 7) is 18.4. The van der Waals surface area contributed by atoms with Crippen LogP contribution in [0.25, 0.3) is 0 Å². The van der Waals surface area contributed by atoms with Crippen molar-refractivity contribution in [2.75, 3.05) is 18.9 Å². The largest absolute Gasteiger partial charge is 0.460 e. The summed E-state index contributed by atoms with van der Waals surface area (Å²) in [7, 11) is -9.47. The van der Waals surface area contributed by atoms with Crippen molar-refractivity contribution in [3.8, 4) is 0 Å². The molecule has 9 nitrogen and oxygen atoms in total. The van der Waals surface area contributed by atoms with Gasteiger partial charge in [0.15, 0.2) is 0 Å². The quantitative estimate of drug-likeness (QED) is 0.0679. The first-order valence-corrected chi connectivity index (χ1v) is 22.9. The average Bonchev–Trinajstić information content (AvgIpc) is 2.97. The summed E-state index contributed by atoms with van der Waals surface area (Å²) in [5.74, 6) is -1.14. The fourth-order valence-electron chi connectivity index (χ4n) is 6.09. The van der Waals surface area contributed by atoms with E-state index in [-0.39, 0.29) is 48.0 Å². The van der Waals surface area contributed by atoms with Crippen LogP contribution < -0.4 is 5.19 Å². The Morgan fingerprint density at radius 3 is 2.23 bits per heavy atom. The average molecular weight is 789 g/mol. The Hall–Kier alpha value is -2.00. The Balaban J connectivity index is 2.08. The number of benzene rings is 1. The number of rotatable bonds is 13. The molecule has 0 spiro atoms. The molecule has 0 bridgehead atoms. The van der Waals surface area contributed by atoms with E-state index in [1.54, 1.807) is 59.7 Å². The Morgan fingerprint density at radius 1 is 1.10 bits per heavy atom. The number of carbonyl (C=O) groups excluding carboxylic acids is 1. The van der Waals surface area contributed by atoms with Crippen LogP contribution in [-0.4, -0.2) is 66.6 Å². The van der Waals surface area contributed by atoms with Gasteiger partial charge in [-0.15, -0.1) is 0 Å². The lowest BCUT2D eigenvalue weighted by molar-refractivity contribution is -0.153. The molecule has 1 aliphatic rings. The Labute approximate surface area is 296 Å². The van der Waals surface area contributed by atoms with Gasteiger partial charge in [-0.2, -0.15) is 8.42 Å². The highest BCUT2D eigenvalue weighted by Crippen LogP contribution is 2.41. The van der Waals surface area contributed by atoms with Crippen molar-refractivity contribution < 1.29 is 30.7 Å². The number of esters is 1. The number of ether oxygens (including phenoxy) is 1. The van der Waals surface area contributed by atoms with Gasteiger partial charge in [-0.1, -0.05) is 56.6 Å². The van der Waals surface area contributed by atoms with Crippen LogP contribution in [0.4, 0.5) is 4.39 Å². The lowest BCUT2D eigenvalue weighted by atomic mass is 9.95. The molecule has 14 heteroatoms. The van der Waals surface area contributed by atoms with Crippen molar-refractivity contribution in [2.24, 2.45) is 9.36 Å². The number of aromatic nitrogens is 1. The predicted octanol–water partition coefficient (Wildman–Crippen LogP) is 7.45. The molecule has 2 atom stereocenters. The maximum atomic E-state index is 16.8. The number of hydrogen-bond donors (Lipinski definition) is 0. The number of nitrogens with zero attached hydrogens (tertiary/aromatic N) is 3. The molecule has 0 fully saturated rings. The van der Waals surface area contributed by atoms with Gasteiger partial charge in [0.2, 0.25) is 0 Å². The number of aryl methyl sites for hydroxylation is 1. The van der Waals surface area contributed by atoms with E-state index >= 15 is 8.60 Å². The van der Waals surface area contributed by atoms with Gasteiger partial charge < -0.3 is 4.74 Å². The molecule has 1 aromatic carbocycles. The zero-order valence-electron chi connectivity index (χ0n) is 29.9. The molecule has 2 heterocycles. The van der Waals surface area contributed by atoms with Crippen molar-refractivity contribution >= 4 is 60.7 Å². The van der Waals surface area contributed by atoms with Crippen LogP contribution in [0.2, 0.25) is 18.1 Å². The molecule has 0 saturated heterocycles. The highest BCUT2D eigenvalue weighted by Gasteiger charge is 2.50. The van der Waals surface area contributed by atoms with E-state index < -0.39 is 55.6 Å². The van der Waals surface area contributed by atoms with Gasteiger partial charge in [0, 0.05) is 5.71 Å². The summed E-state index contributed by atoms with van der Waals surface area (Å²) >= 11 is 3.52. The van der Waals surface area contributed by atoms with Crippen LogP contribution >= 0.6 is 15.9 Å². The first kappa shape index (κ1) is 40.4. The second kappa shape index (κ2) is 15.1. The van der Waals surface area contributed by atoms with Gasteiger partial charge in [-0.25, -0.2) is 17.9 Å². The van der Waals surface area contributed by atoms with Crippen molar-refractivity contribution in [1.82, 2.24) is 4.98 Å². The van der Waals surface area contributed by atoms with E-state index in [2.05, 4.69) is 46.0 Å². The highest BCUT2D eigenvalue weighted by molar-refractivity contribution is 9.10. The first-order chi connectivity index (χ1) is 22.1. The fraction of sp³-hybridized carbons (Fsp3) is 0.618. The molecule has 0 saturated carbocycles. The minimum absolute atomic E-state index is 0.0126. The third kappa shape index (κ3) is 8.83. The third-order valence-corrected chi connectivity index (χ3v) is 20.0. The predicted molar refractivity (Wildman–Crippen MR) is 197 cm³/mol. The SMILES string of the molecule is CC[Si](CC)(CC)c1cc(Br)nc([C@]2(C)C[S@](=O)(=NCCCOS(=O)(=O)c3ccc(C)cc3)C(C)(C)C(CC(=O)OC(C)(C)C)=N2)c1F. The zero-order valence-corrected chi connectivity index (χ0v) is 34.1. The molecular weight excluding hydrogens is 738 g/mol. The molecule has 268 valence electrons. The van der Waals surface area contributed by atoms with Crippen molar-refractivity contribution in [3.05, 3.63) is 52.0 Å². The smallest absolute Gasteiger partial charge is 0.312 e. The molecule has 0 aliphatic carbocycles. The number of hydrogen-bond acceptors (Lipinski definition) is 9. The summed E-state index contributed by atoms with van der Waals surface area (Å²) in [5.41, 5.74) is -0.913. The van der Waals surface area contributed by atoms with E-state index in [1.807, 2.05) is 6.92 Å². The maximum Gasteiger partial charge on any atom is 0.312 e. The fourth-order valence-corrected chi connectivity index (χ4v) is 14.0. The van der Waals surface area contributed by atoms with Gasteiger partial charge >= 0.3 is 5.97 Å². The van der Waals surface area contributed by atoms with Crippen LogP contribution in [0, 0.1) is 12.7 Å². The van der Waals surface area contributed by atoms with E-state index in [0.717, 1.165) is 23.7 Å². The minimum Gasteiger partial charge on any atom is -0.460 e. The monoisotopic (exact) mass is 787 g/mol. The third-order valence-electron chi connectivity index (χ3n) is 9.27. The van der Waals surface area contributed by atoms with Crippen LogP contribution in [0.3, 0.4) is 0 Å². The molecule has 0 radical (unpaired) electrons. The van der Waals surface area contributed by atoms with Crippen molar-refractivity contribution in [1.29, 1.82) is 0 Å². The summed E-state index contributed by atoms with van der Waals surface area (Å²) < 4.78 is 72.0. The molecule has 48 heavy (non-hydrogen) atoms. The lowest BCUT2D eigenvalue weighted by Crippen LogP contribution is -2.54. The summed E-state index contributed by atoms with van der Waals surface area (Å²) in [6.07, 6.45) is -0.0942. The molecule has 0 amide bonds. The van der Waals surface area contributed by atoms with Gasteiger partial charge in [0.25, 0.3) is 10.1 Å². The van der Waals surface area contributed by atoms with Gasteiger partial charge in [-0.3, -0.25) is 14.0 Å². The number of carbonyl (C=O) groups is 1. The molecule has 3 rings (SSSR count). The summed E-state index contributed by atoms with van der Waals surface area (Å²) in [4.78, 5) is 22.8. The Bertz CT molecular complexity index is 1760. The summed E-state index contributed by atoms with van der Waals surface area (Å²) in [6, 6.07) is 10.7. The molecule has 0 N–H and O–H groups in total. The lowest BCUT2D eigenvalue weighted by Gasteiger charge is -2.42. The van der Waals surface area contributed by atoms with Crippen molar-refractivity contribution in [3.63, 3.8) is 0 Å².